The van der Waals surface area contributed by atoms with E-state index in [2.05, 4.69) is 36.1 Å². The second kappa shape index (κ2) is 7.21. The summed E-state index contributed by atoms with van der Waals surface area (Å²) < 4.78 is 0. The topological polar surface area (TPSA) is 54.2 Å². The molecule has 0 radical (unpaired) electrons. The Labute approximate surface area is 111 Å². The maximum atomic E-state index is 5.73. The smallest absolute Gasteiger partial charge is 0.126 e. The van der Waals surface area contributed by atoms with Gasteiger partial charge in [0.1, 0.15) is 5.82 Å². The first-order valence-corrected chi connectivity index (χ1v) is 6.68. The van der Waals surface area contributed by atoms with Crippen molar-refractivity contribution in [2.24, 2.45) is 0 Å². The molecule has 0 aliphatic rings. The van der Waals surface area contributed by atoms with E-state index in [1.807, 2.05) is 19.1 Å². The zero-order valence-electron chi connectivity index (χ0n) is 12.0. The molecule has 0 aliphatic heterocycles. The van der Waals surface area contributed by atoms with Crippen LogP contribution in [0.4, 0.5) is 11.5 Å². The number of nitrogens with two attached hydrogens (primary N) is 1. The van der Waals surface area contributed by atoms with Gasteiger partial charge in [0.2, 0.25) is 0 Å². The summed E-state index contributed by atoms with van der Waals surface area (Å²) in [5.74, 6) is 0.916. The van der Waals surface area contributed by atoms with E-state index in [9.17, 15) is 0 Å². The third-order valence-electron chi connectivity index (χ3n) is 3.25. The van der Waals surface area contributed by atoms with Crippen LogP contribution in [-0.4, -0.2) is 36.1 Å². The van der Waals surface area contributed by atoms with Gasteiger partial charge in [-0.05, 0) is 59.3 Å². The highest BCUT2D eigenvalue weighted by Crippen LogP contribution is 2.11. The van der Waals surface area contributed by atoms with Crippen LogP contribution in [-0.2, 0) is 0 Å². The summed E-state index contributed by atoms with van der Waals surface area (Å²) >= 11 is 0. The molecular formula is C14H26N4. The monoisotopic (exact) mass is 250 g/mol. The maximum Gasteiger partial charge on any atom is 0.126 e. The first-order valence-electron chi connectivity index (χ1n) is 6.68. The molecule has 0 aliphatic carbocycles. The van der Waals surface area contributed by atoms with E-state index in [0.29, 0.717) is 6.04 Å². The van der Waals surface area contributed by atoms with Crippen LogP contribution in [0, 0.1) is 6.92 Å². The van der Waals surface area contributed by atoms with Gasteiger partial charge in [0.25, 0.3) is 0 Å². The quantitative estimate of drug-likeness (QED) is 0.730. The first-order chi connectivity index (χ1) is 8.50. The van der Waals surface area contributed by atoms with E-state index >= 15 is 0 Å². The lowest BCUT2D eigenvalue weighted by Gasteiger charge is -2.20. The Hall–Kier alpha value is -1.29. The van der Waals surface area contributed by atoms with Crippen molar-refractivity contribution < 1.29 is 0 Å². The van der Waals surface area contributed by atoms with Gasteiger partial charge in [-0.3, -0.25) is 0 Å². The minimum Gasteiger partial charge on any atom is -0.397 e. The molecule has 102 valence electrons. The summed E-state index contributed by atoms with van der Waals surface area (Å²) in [5.41, 5.74) is 7.37. The number of unbranched alkanes of at least 4 members (excludes halogenated alkanes) is 1. The molecule has 0 saturated heterocycles. The van der Waals surface area contributed by atoms with E-state index in [4.69, 9.17) is 5.73 Å². The van der Waals surface area contributed by atoms with Gasteiger partial charge in [0.15, 0.2) is 0 Å². The van der Waals surface area contributed by atoms with Crippen molar-refractivity contribution in [2.75, 3.05) is 31.2 Å². The number of anilines is 2. The summed E-state index contributed by atoms with van der Waals surface area (Å²) in [5, 5.41) is 3.33. The van der Waals surface area contributed by atoms with Gasteiger partial charge in [0.05, 0.1) is 11.4 Å². The van der Waals surface area contributed by atoms with E-state index in [-0.39, 0.29) is 0 Å². The standard InChI is InChI=1S/C14H26N4/c1-11(2)18(4)10-6-5-9-16-14-8-7-13(15)12(3)17-14/h7-8,11H,5-6,9-10,15H2,1-4H3,(H,16,17). The Balaban J connectivity index is 2.20. The number of aryl methyl sites for hydroxylation is 1. The molecule has 4 nitrogen and oxygen atoms in total. The van der Waals surface area contributed by atoms with Crippen LogP contribution >= 0.6 is 0 Å². The SMILES string of the molecule is Cc1nc(NCCCCN(C)C(C)C)ccc1N. The lowest BCUT2D eigenvalue weighted by atomic mass is 10.2. The van der Waals surface area contributed by atoms with E-state index in [1.165, 1.54) is 6.42 Å². The van der Waals surface area contributed by atoms with Gasteiger partial charge < -0.3 is 16.0 Å². The van der Waals surface area contributed by atoms with Gasteiger partial charge in [-0.25, -0.2) is 4.98 Å². The number of rotatable bonds is 7. The summed E-state index contributed by atoms with van der Waals surface area (Å²) in [6.45, 7) is 8.48. The summed E-state index contributed by atoms with van der Waals surface area (Å²) in [6.07, 6.45) is 2.36. The fourth-order valence-electron chi connectivity index (χ4n) is 1.63. The van der Waals surface area contributed by atoms with Crippen LogP contribution in [0.1, 0.15) is 32.4 Å². The zero-order valence-corrected chi connectivity index (χ0v) is 12.0. The second-order valence-corrected chi connectivity index (χ2v) is 5.08. The van der Waals surface area contributed by atoms with E-state index in [0.717, 1.165) is 36.7 Å². The Morgan fingerprint density at radius 3 is 2.67 bits per heavy atom. The molecule has 1 rings (SSSR count). The average Bonchev–Trinajstić information content (AvgIpc) is 2.32. The van der Waals surface area contributed by atoms with Crippen molar-refractivity contribution in [2.45, 2.75) is 39.7 Å². The number of nitrogen functional groups attached to an aromatic ring is 1. The number of hydrogen-bond acceptors (Lipinski definition) is 4. The lowest BCUT2D eigenvalue weighted by molar-refractivity contribution is 0.269. The summed E-state index contributed by atoms with van der Waals surface area (Å²) in [6, 6.07) is 4.46. The number of aromatic nitrogens is 1. The van der Waals surface area contributed by atoms with Gasteiger partial charge >= 0.3 is 0 Å². The van der Waals surface area contributed by atoms with Gasteiger partial charge in [-0.2, -0.15) is 0 Å². The van der Waals surface area contributed by atoms with Crippen LogP contribution in [0.3, 0.4) is 0 Å². The van der Waals surface area contributed by atoms with Crippen molar-refractivity contribution in [3.63, 3.8) is 0 Å². The number of hydrogen-bond donors (Lipinski definition) is 2. The van der Waals surface area contributed by atoms with Gasteiger partial charge in [-0.15, -0.1) is 0 Å². The Morgan fingerprint density at radius 1 is 1.33 bits per heavy atom. The number of pyridine rings is 1. The predicted molar refractivity (Wildman–Crippen MR) is 78.9 cm³/mol. The molecule has 0 aromatic carbocycles. The highest BCUT2D eigenvalue weighted by atomic mass is 15.1. The maximum absolute atomic E-state index is 5.73. The molecule has 18 heavy (non-hydrogen) atoms. The minimum absolute atomic E-state index is 0.624. The molecule has 0 fully saturated rings. The highest BCUT2D eigenvalue weighted by Gasteiger charge is 2.02. The molecule has 0 unspecified atom stereocenters. The molecule has 1 heterocycles. The Kier molecular flexibility index (Phi) is 5.92. The molecule has 3 N–H and O–H groups in total. The molecule has 0 atom stereocenters. The van der Waals surface area contributed by atoms with E-state index < -0.39 is 0 Å². The fraction of sp³-hybridized carbons (Fsp3) is 0.643. The van der Waals surface area contributed by atoms with Crippen LogP contribution < -0.4 is 11.1 Å². The molecule has 1 aromatic heterocycles. The van der Waals surface area contributed by atoms with Gasteiger partial charge in [-0.1, -0.05) is 0 Å². The van der Waals surface area contributed by atoms with Gasteiger partial charge in [0, 0.05) is 12.6 Å². The Morgan fingerprint density at radius 2 is 2.06 bits per heavy atom. The predicted octanol–water partition coefficient (Wildman–Crippen LogP) is 2.50. The fourth-order valence-corrected chi connectivity index (χ4v) is 1.63. The second-order valence-electron chi connectivity index (χ2n) is 5.08. The molecule has 4 heteroatoms. The normalized spacial score (nSPS) is 11.2. The highest BCUT2D eigenvalue weighted by molar-refractivity contribution is 5.48. The lowest BCUT2D eigenvalue weighted by Crippen LogP contribution is -2.27. The minimum atomic E-state index is 0.624. The van der Waals surface area contributed by atoms with Crippen molar-refractivity contribution in [1.82, 2.24) is 9.88 Å². The van der Waals surface area contributed by atoms with Crippen LogP contribution in [0.5, 0.6) is 0 Å². The van der Waals surface area contributed by atoms with Crippen molar-refractivity contribution in [1.29, 1.82) is 0 Å². The average molecular weight is 250 g/mol. The van der Waals surface area contributed by atoms with E-state index in [1.54, 1.807) is 0 Å². The molecule has 0 spiro atoms. The molecule has 0 bridgehead atoms. The summed E-state index contributed by atoms with van der Waals surface area (Å²) in [7, 11) is 2.17. The number of nitrogens with zero attached hydrogens (tertiary/aromatic N) is 2. The largest absolute Gasteiger partial charge is 0.397 e. The summed E-state index contributed by atoms with van der Waals surface area (Å²) in [4.78, 5) is 6.75. The Bertz CT molecular complexity index is 363. The first kappa shape index (κ1) is 14.8. The van der Waals surface area contributed by atoms with Crippen LogP contribution in [0.2, 0.25) is 0 Å². The molecule has 1 aromatic rings. The molecule has 0 amide bonds. The zero-order chi connectivity index (χ0) is 13.5. The molecule has 0 saturated carbocycles. The molecular weight excluding hydrogens is 224 g/mol. The third-order valence-corrected chi connectivity index (χ3v) is 3.25. The number of nitrogens with one attached hydrogen (secondary N) is 1. The van der Waals surface area contributed by atoms with Crippen molar-refractivity contribution in [3.8, 4) is 0 Å². The van der Waals surface area contributed by atoms with Crippen molar-refractivity contribution in [3.05, 3.63) is 17.8 Å². The van der Waals surface area contributed by atoms with Crippen LogP contribution in [0.15, 0.2) is 12.1 Å². The van der Waals surface area contributed by atoms with Crippen molar-refractivity contribution >= 4 is 11.5 Å². The van der Waals surface area contributed by atoms with Crippen LogP contribution in [0.25, 0.3) is 0 Å². The third kappa shape index (κ3) is 4.92.